The van der Waals surface area contributed by atoms with Gasteiger partial charge in [-0.05, 0) is 63.7 Å². The lowest BCUT2D eigenvalue weighted by atomic mass is 9.98. The molecule has 0 saturated heterocycles. The first-order chi connectivity index (χ1) is 22.2. The molecule has 0 fully saturated rings. The minimum atomic E-state index is 0.113. The third-order valence-electron chi connectivity index (χ3n) is 8.75. The van der Waals surface area contributed by atoms with Crippen molar-refractivity contribution in [3.63, 3.8) is 0 Å². The third-order valence-corrected chi connectivity index (χ3v) is 8.75. The van der Waals surface area contributed by atoms with Crippen molar-refractivity contribution in [1.82, 2.24) is 9.88 Å². The number of dihydropyridines is 1. The average molecular weight is 576 g/mol. The molecule has 6 aromatic carbocycles. The van der Waals surface area contributed by atoms with Gasteiger partial charge in [-0.25, -0.2) is 0 Å². The van der Waals surface area contributed by atoms with E-state index >= 15 is 0 Å². The van der Waals surface area contributed by atoms with E-state index in [2.05, 4.69) is 144 Å². The van der Waals surface area contributed by atoms with Crippen LogP contribution in [0.1, 0.15) is 17.2 Å². The Bertz CT molecular complexity index is 2380. The Hall–Kier alpha value is -6.11. The van der Waals surface area contributed by atoms with Gasteiger partial charge in [0, 0.05) is 27.8 Å². The van der Waals surface area contributed by atoms with Gasteiger partial charge in [0.1, 0.15) is 0 Å². The Balaban J connectivity index is 1.36. The molecule has 45 heavy (non-hydrogen) atoms. The van der Waals surface area contributed by atoms with Gasteiger partial charge in [0.05, 0.1) is 28.1 Å². The lowest BCUT2D eigenvalue weighted by molar-refractivity contribution is 0.747. The van der Waals surface area contributed by atoms with Gasteiger partial charge in [-0.15, -0.1) is 0 Å². The summed E-state index contributed by atoms with van der Waals surface area (Å²) in [6, 6.07) is 44.0. The van der Waals surface area contributed by atoms with Crippen molar-refractivity contribution in [2.45, 2.75) is 6.04 Å². The highest BCUT2D eigenvalue weighted by atomic mass is 15.0. The number of hydrogen-bond acceptors (Lipinski definition) is 2. The Kier molecular flexibility index (Phi) is 6.40. The summed E-state index contributed by atoms with van der Waals surface area (Å²) in [5.74, 6) is 0. The Morgan fingerprint density at radius 2 is 1.62 bits per heavy atom. The van der Waals surface area contributed by atoms with E-state index in [0.29, 0.717) is 0 Å². The van der Waals surface area contributed by atoms with Gasteiger partial charge < -0.3 is 15.3 Å². The second-order valence-corrected chi connectivity index (χ2v) is 11.3. The number of rotatable bonds is 6. The van der Waals surface area contributed by atoms with Crippen molar-refractivity contribution in [3.05, 3.63) is 170 Å². The van der Waals surface area contributed by atoms with Gasteiger partial charge in [0.25, 0.3) is 0 Å². The van der Waals surface area contributed by atoms with Crippen LogP contribution < -0.4 is 5.32 Å². The van der Waals surface area contributed by atoms with Crippen LogP contribution in [-0.2, 0) is 0 Å². The molecule has 0 bridgehead atoms. The van der Waals surface area contributed by atoms with Crippen molar-refractivity contribution >= 4 is 55.1 Å². The fourth-order valence-corrected chi connectivity index (χ4v) is 6.56. The maximum atomic E-state index is 7.74. The van der Waals surface area contributed by atoms with Gasteiger partial charge in [-0.3, -0.25) is 0 Å². The SMILES string of the molecule is C=C/C=C(\C=N)c1ccc(-c2ccc3c(c#cc4c5ccc(C6C=CC=CN6)cc5n(-c5cccc6ccccc56)c43)c2)cc1. The van der Waals surface area contributed by atoms with Crippen LogP contribution in [0.2, 0.25) is 0 Å². The minimum absolute atomic E-state index is 0.113. The van der Waals surface area contributed by atoms with E-state index in [1.807, 2.05) is 18.4 Å². The molecule has 1 unspecified atom stereocenters. The van der Waals surface area contributed by atoms with E-state index in [4.69, 9.17) is 5.41 Å². The zero-order valence-corrected chi connectivity index (χ0v) is 24.6. The molecule has 0 aliphatic carbocycles. The number of nitrogens with zero attached hydrogens (tertiary/aromatic N) is 1. The summed E-state index contributed by atoms with van der Waals surface area (Å²) in [5, 5.41) is 18.0. The largest absolute Gasteiger partial charge is 0.381 e. The molecule has 2 heterocycles. The molecular weight excluding hydrogens is 546 g/mol. The first-order valence-corrected chi connectivity index (χ1v) is 15.1. The monoisotopic (exact) mass is 575 g/mol. The van der Waals surface area contributed by atoms with E-state index in [-0.39, 0.29) is 6.04 Å². The number of allylic oxidation sites excluding steroid dienone is 5. The summed E-state index contributed by atoms with van der Waals surface area (Å²) in [6.45, 7) is 3.77. The van der Waals surface area contributed by atoms with Crippen LogP contribution in [0.5, 0.6) is 0 Å². The Morgan fingerprint density at radius 3 is 2.44 bits per heavy atom. The molecule has 1 aromatic heterocycles. The molecule has 3 heteroatoms. The first-order valence-electron chi connectivity index (χ1n) is 15.1. The number of nitrogens with one attached hydrogen (secondary N) is 2. The lowest BCUT2D eigenvalue weighted by Crippen LogP contribution is -2.14. The topological polar surface area (TPSA) is 40.8 Å². The van der Waals surface area contributed by atoms with Crippen LogP contribution in [0.3, 0.4) is 0 Å². The highest BCUT2D eigenvalue weighted by Crippen LogP contribution is 2.39. The number of fused-ring (bicyclic) bond motifs is 6. The maximum Gasteiger partial charge on any atom is 0.0710 e. The van der Waals surface area contributed by atoms with Crippen molar-refractivity contribution in [2.24, 2.45) is 0 Å². The zero-order valence-electron chi connectivity index (χ0n) is 24.6. The quantitative estimate of drug-likeness (QED) is 0.150. The summed E-state index contributed by atoms with van der Waals surface area (Å²) >= 11 is 0. The predicted molar refractivity (Wildman–Crippen MR) is 190 cm³/mol. The number of aromatic nitrogens is 1. The minimum Gasteiger partial charge on any atom is -0.381 e. The molecule has 2 N–H and O–H groups in total. The standard InChI is InChI=1S/C42H29N3/c1-2-8-34(27-43)29-16-14-28(15-17-29)31-18-21-36-32(25-31)19-23-38-37-22-20-33(39-12-5-6-24-44-39)26-41(37)45(42(36)38)40-13-7-10-30-9-3-4-11-35(30)40/h2-18,20-22,24-27,39,43-44H,1H2/b34-8+,43-27?. The first kappa shape index (κ1) is 26.5. The van der Waals surface area contributed by atoms with Crippen LogP contribution in [0.25, 0.3) is 65.7 Å². The van der Waals surface area contributed by atoms with Crippen molar-refractivity contribution in [3.8, 4) is 16.8 Å². The van der Waals surface area contributed by atoms with Gasteiger partial charge in [0.15, 0.2) is 0 Å². The summed E-state index contributed by atoms with van der Waals surface area (Å²) in [7, 11) is 0. The summed E-state index contributed by atoms with van der Waals surface area (Å²) in [6.07, 6.45) is 13.2. The Morgan fingerprint density at radius 1 is 0.800 bits per heavy atom. The van der Waals surface area contributed by atoms with Crippen molar-refractivity contribution in [1.29, 1.82) is 5.41 Å². The van der Waals surface area contributed by atoms with Crippen LogP contribution >= 0.6 is 0 Å². The fraction of sp³-hybridized carbons (Fsp3) is 0.0238. The molecule has 1 aliphatic rings. The zero-order chi connectivity index (χ0) is 30.3. The molecule has 0 radical (unpaired) electrons. The highest BCUT2D eigenvalue weighted by molar-refractivity contribution is 6.18. The van der Waals surface area contributed by atoms with Crippen LogP contribution in [0, 0.1) is 17.5 Å². The fourth-order valence-electron chi connectivity index (χ4n) is 6.56. The number of benzene rings is 5. The average Bonchev–Trinajstić information content (AvgIpc) is 3.44. The molecule has 7 aromatic rings. The molecule has 3 nitrogen and oxygen atoms in total. The second-order valence-electron chi connectivity index (χ2n) is 11.3. The molecule has 0 spiro atoms. The van der Waals surface area contributed by atoms with Crippen LogP contribution in [0.4, 0.5) is 0 Å². The van der Waals surface area contributed by atoms with E-state index in [1.165, 1.54) is 22.6 Å². The summed E-state index contributed by atoms with van der Waals surface area (Å²) in [5.41, 5.74) is 8.68. The molecule has 1 atom stereocenters. The van der Waals surface area contributed by atoms with Crippen LogP contribution in [0.15, 0.2) is 146 Å². The van der Waals surface area contributed by atoms with Crippen LogP contribution in [-0.4, -0.2) is 10.8 Å². The van der Waals surface area contributed by atoms with Crippen molar-refractivity contribution < 1.29 is 0 Å². The summed E-state index contributed by atoms with van der Waals surface area (Å²) < 4.78 is 2.42. The van der Waals surface area contributed by atoms with Crippen molar-refractivity contribution in [2.75, 3.05) is 0 Å². The lowest BCUT2D eigenvalue weighted by Gasteiger charge is -2.17. The summed E-state index contributed by atoms with van der Waals surface area (Å²) in [4.78, 5) is 0. The third kappa shape index (κ3) is 4.44. The van der Waals surface area contributed by atoms with E-state index in [9.17, 15) is 0 Å². The smallest absolute Gasteiger partial charge is 0.0710 e. The molecule has 0 amide bonds. The molecule has 1 aliphatic heterocycles. The number of hydrogen-bond donors (Lipinski definition) is 2. The second kappa shape index (κ2) is 10.9. The van der Waals surface area contributed by atoms with E-state index in [1.54, 1.807) is 6.08 Å². The van der Waals surface area contributed by atoms with Gasteiger partial charge >= 0.3 is 0 Å². The predicted octanol–water partition coefficient (Wildman–Crippen LogP) is 10.3. The molecule has 8 rings (SSSR count). The molecule has 212 valence electrons. The maximum absolute atomic E-state index is 7.74. The molecule has 0 saturated carbocycles. The normalized spacial score (nSPS) is 14.6. The Labute approximate surface area is 262 Å². The van der Waals surface area contributed by atoms with Gasteiger partial charge in [-0.1, -0.05) is 128 Å². The highest BCUT2D eigenvalue weighted by Gasteiger charge is 2.19. The molecular formula is C42H29N3. The van der Waals surface area contributed by atoms with Gasteiger partial charge in [0.2, 0.25) is 0 Å². The van der Waals surface area contributed by atoms with Gasteiger partial charge in [-0.2, -0.15) is 0 Å². The van der Waals surface area contributed by atoms with E-state index < -0.39 is 0 Å². The van der Waals surface area contributed by atoms with E-state index in [0.717, 1.165) is 60.5 Å².